The molecule has 1 heterocycles. The van der Waals surface area contributed by atoms with Crippen LogP contribution in [0.4, 0.5) is 0 Å². The minimum absolute atomic E-state index is 0.0919. The van der Waals surface area contributed by atoms with Gasteiger partial charge in [-0.05, 0) is 17.5 Å². The number of ether oxygens (including phenoxy) is 2. The average molecular weight is 349 g/mol. The Labute approximate surface area is 144 Å². The number of carboxylic acid groups (broad SMARTS) is 1. The molecule has 0 saturated heterocycles. The summed E-state index contributed by atoms with van der Waals surface area (Å²) in [5, 5.41) is 13.7. The first-order chi connectivity index (χ1) is 11.5. The molecule has 0 radical (unpaired) electrons. The summed E-state index contributed by atoms with van der Waals surface area (Å²) in [5.74, 6) is -0.0393. The number of methoxy groups -OCH3 is 2. The lowest BCUT2D eigenvalue weighted by Crippen LogP contribution is -2.31. The zero-order valence-corrected chi connectivity index (χ0v) is 14.3. The number of benzene rings is 1. The van der Waals surface area contributed by atoms with Gasteiger partial charge in [-0.2, -0.15) is 0 Å². The van der Waals surface area contributed by atoms with Crippen LogP contribution in [0, 0.1) is 0 Å². The summed E-state index contributed by atoms with van der Waals surface area (Å²) >= 11 is 1.41. The molecule has 0 fully saturated rings. The van der Waals surface area contributed by atoms with Crippen LogP contribution < -0.4 is 14.8 Å². The van der Waals surface area contributed by atoms with Crippen molar-refractivity contribution in [2.45, 2.75) is 18.9 Å². The number of carbonyl (C=O) groups is 2. The lowest BCUT2D eigenvalue weighted by atomic mass is 10.1. The standard InChI is InChI=1S/C17H19NO5S/c1-22-12-6-5-11(14(9-12)23-2)8-16(19)18-13(10-17(20)21)15-4-3-7-24-15/h3-7,9,13H,8,10H2,1-2H3,(H,18,19)(H,20,21)/t13-/m0/s1. The Morgan fingerprint density at radius 2 is 2.04 bits per heavy atom. The Kier molecular flexibility index (Phi) is 6.20. The topological polar surface area (TPSA) is 84.9 Å². The maximum Gasteiger partial charge on any atom is 0.305 e. The van der Waals surface area contributed by atoms with Gasteiger partial charge < -0.3 is 19.9 Å². The molecule has 1 aromatic carbocycles. The molecule has 128 valence electrons. The van der Waals surface area contributed by atoms with Gasteiger partial charge in [0.25, 0.3) is 0 Å². The second-order valence-electron chi connectivity index (χ2n) is 5.09. The number of thiophene rings is 1. The molecule has 1 atom stereocenters. The number of nitrogens with one attached hydrogen (secondary N) is 1. The monoisotopic (exact) mass is 349 g/mol. The Hall–Kier alpha value is -2.54. The van der Waals surface area contributed by atoms with E-state index in [9.17, 15) is 9.59 Å². The first-order valence-electron chi connectivity index (χ1n) is 7.29. The summed E-state index contributed by atoms with van der Waals surface area (Å²) in [4.78, 5) is 24.2. The fourth-order valence-corrected chi connectivity index (χ4v) is 3.08. The maximum atomic E-state index is 12.3. The van der Waals surface area contributed by atoms with Gasteiger partial charge in [-0.25, -0.2) is 0 Å². The third-order valence-corrected chi connectivity index (χ3v) is 4.43. The van der Waals surface area contributed by atoms with E-state index < -0.39 is 12.0 Å². The fraction of sp³-hybridized carbons (Fsp3) is 0.294. The van der Waals surface area contributed by atoms with Crippen molar-refractivity contribution < 1.29 is 24.2 Å². The van der Waals surface area contributed by atoms with Crippen LogP contribution in [-0.2, 0) is 16.0 Å². The molecule has 2 N–H and O–H groups in total. The van der Waals surface area contributed by atoms with Crippen LogP contribution in [0.1, 0.15) is 22.9 Å². The van der Waals surface area contributed by atoms with Gasteiger partial charge >= 0.3 is 5.97 Å². The molecule has 0 bridgehead atoms. The highest BCUT2D eigenvalue weighted by atomic mass is 32.1. The molecule has 2 rings (SSSR count). The van der Waals surface area contributed by atoms with Crippen LogP contribution in [0.3, 0.4) is 0 Å². The van der Waals surface area contributed by atoms with E-state index in [1.165, 1.54) is 18.4 Å². The fourth-order valence-electron chi connectivity index (χ4n) is 2.30. The molecule has 1 aromatic heterocycles. The van der Waals surface area contributed by atoms with Crippen molar-refractivity contribution >= 4 is 23.2 Å². The predicted octanol–water partition coefficient (Wildman–Crippen LogP) is 2.64. The van der Waals surface area contributed by atoms with Crippen LogP contribution >= 0.6 is 11.3 Å². The molecular formula is C17H19NO5S. The number of aliphatic carboxylic acids is 1. The molecule has 0 unspecified atom stereocenters. The van der Waals surface area contributed by atoms with Crippen molar-refractivity contribution in [3.63, 3.8) is 0 Å². The molecule has 0 saturated carbocycles. The van der Waals surface area contributed by atoms with Crippen molar-refractivity contribution in [1.82, 2.24) is 5.32 Å². The van der Waals surface area contributed by atoms with Gasteiger partial charge in [0.15, 0.2) is 0 Å². The number of rotatable bonds is 8. The molecule has 1 amide bonds. The number of amides is 1. The van der Waals surface area contributed by atoms with E-state index in [0.29, 0.717) is 17.1 Å². The lowest BCUT2D eigenvalue weighted by Gasteiger charge is -2.16. The van der Waals surface area contributed by atoms with Crippen molar-refractivity contribution in [3.8, 4) is 11.5 Å². The van der Waals surface area contributed by atoms with Crippen LogP contribution in [-0.4, -0.2) is 31.2 Å². The lowest BCUT2D eigenvalue weighted by molar-refractivity contribution is -0.137. The third-order valence-electron chi connectivity index (χ3n) is 3.45. The van der Waals surface area contributed by atoms with Crippen LogP contribution in [0.5, 0.6) is 11.5 Å². The summed E-state index contributed by atoms with van der Waals surface area (Å²) in [5.41, 5.74) is 0.705. The van der Waals surface area contributed by atoms with Gasteiger partial charge in [-0.3, -0.25) is 9.59 Å². The minimum Gasteiger partial charge on any atom is -0.497 e. The van der Waals surface area contributed by atoms with Gasteiger partial charge in [0, 0.05) is 16.5 Å². The SMILES string of the molecule is COc1ccc(CC(=O)N[C@@H](CC(=O)O)c2cccs2)c(OC)c1. The van der Waals surface area contributed by atoms with Gasteiger partial charge in [0.1, 0.15) is 11.5 Å². The number of hydrogen-bond acceptors (Lipinski definition) is 5. The zero-order chi connectivity index (χ0) is 17.5. The average Bonchev–Trinajstić information content (AvgIpc) is 3.08. The molecule has 24 heavy (non-hydrogen) atoms. The van der Waals surface area contributed by atoms with Gasteiger partial charge in [0.05, 0.1) is 33.1 Å². The van der Waals surface area contributed by atoms with E-state index in [-0.39, 0.29) is 18.7 Å². The first-order valence-corrected chi connectivity index (χ1v) is 8.17. The minimum atomic E-state index is -0.962. The smallest absolute Gasteiger partial charge is 0.305 e. The Balaban J connectivity index is 2.09. The summed E-state index contributed by atoms with van der Waals surface area (Å²) in [7, 11) is 3.08. The van der Waals surface area contributed by atoms with E-state index in [0.717, 1.165) is 4.88 Å². The number of hydrogen-bond donors (Lipinski definition) is 2. The largest absolute Gasteiger partial charge is 0.497 e. The highest BCUT2D eigenvalue weighted by molar-refractivity contribution is 7.10. The molecule has 2 aromatic rings. The second-order valence-corrected chi connectivity index (χ2v) is 6.07. The maximum absolute atomic E-state index is 12.3. The Morgan fingerprint density at radius 3 is 2.62 bits per heavy atom. The molecule has 0 aliphatic carbocycles. The number of carbonyl (C=O) groups excluding carboxylic acids is 1. The van der Waals surface area contributed by atoms with Gasteiger partial charge in [-0.1, -0.05) is 12.1 Å². The highest BCUT2D eigenvalue weighted by Crippen LogP contribution is 2.26. The van der Waals surface area contributed by atoms with Crippen molar-refractivity contribution in [2.75, 3.05) is 14.2 Å². The van der Waals surface area contributed by atoms with Crippen molar-refractivity contribution in [3.05, 3.63) is 46.2 Å². The van der Waals surface area contributed by atoms with Gasteiger partial charge in [-0.15, -0.1) is 11.3 Å². The molecule has 0 spiro atoms. The van der Waals surface area contributed by atoms with Gasteiger partial charge in [0.2, 0.25) is 5.91 Å². The van der Waals surface area contributed by atoms with E-state index in [1.54, 1.807) is 25.3 Å². The summed E-state index contributed by atoms with van der Waals surface area (Å²) in [6.45, 7) is 0. The Morgan fingerprint density at radius 1 is 1.25 bits per heavy atom. The van der Waals surface area contributed by atoms with Crippen molar-refractivity contribution in [1.29, 1.82) is 0 Å². The second kappa shape index (κ2) is 8.35. The van der Waals surface area contributed by atoms with Crippen LogP contribution in [0.2, 0.25) is 0 Å². The number of carboxylic acids is 1. The summed E-state index contributed by atoms with van der Waals surface area (Å²) in [6, 6.07) is 8.31. The predicted molar refractivity (Wildman–Crippen MR) is 90.7 cm³/mol. The van der Waals surface area contributed by atoms with E-state index in [4.69, 9.17) is 14.6 Å². The Bertz CT molecular complexity index is 699. The van der Waals surface area contributed by atoms with E-state index in [1.807, 2.05) is 17.5 Å². The zero-order valence-electron chi connectivity index (χ0n) is 13.4. The summed E-state index contributed by atoms with van der Waals surface area (Å²) in [6.07, 6.45) is -0.0688. The molecule has 6 nitrogen and oxygen atoms in total. The molecule has 0 aliphatic heterocycles. The van der Waals surface area contributed by atoms with Crippen molar-refractivity contribution in [2.24, 2.45) is 0 Å². The third kappa shape index (κ3) is 4.73. The van der Waals surface area contributed by atoms with Crippen LogP contribution in [0.15, 0.2) is 35.7 Å². The highest BCUT2D eigenvalue weighted by Gasteiger charge is 2.20. The molecule has 7 heteroatoms. The van der Waals surface area contributed by atoms with E-state index >= 15 is 0 Å². The molecular weight excluding hydrogens is 330 g/mol. The molecule has 0 aliphatic rings. The van der Waals surface area contributed by atoms with Crippen LogP contribution in [0.25, 0.3) is 0 Å². The summed E-state index contributed by atoms with van der Waals surface area (Å²) < 4.78 is 10.4. The quantitative estimate of drug-likeness (QED) is 0.765. The normalized spacial score (nSPS) is 11.6. The first kappa shape index (κ1) is 17.8. The van der Waals surface area contributed by atoms with E-state index in [2.05, 4.69) is 5.32 Å².